The second-order valence-corrected chi connectivity index (χ2v) is 6.78. The van der Waals surface area contributed by atoms with E-state index in [0.29, 0.717) is 25.2 Å². The van der Waals surface area contributed by atoms with E-state index >= 15 is 0 Å². The summed E-state index contributed by atoms with van der Waals surface area (Å²) in [4.78, 5) is 28.7. The zero-order chi connectivity index (χ0) is 16.9. The third-order valence-electron chi connectivity index (χ3n) is 4.19. The molecular weight excluding hydrogens is 368 g/mol. The Labute approximate surface area is 150 Å². The molecule has 2 aromatic rings. The molecule has 1 amide bonds. The van der Waals surface area contributed by atoms with Crippen molar-refractivity contribution in [2.45, 2.75) is 0 Å². The maximum absolute atomic E-state index is 12.5. The molecule has 124 valence electrons. The first-order valence-electron chi connectivity index (χ1n) is 7.99. The van der Waals surface area contributed by atoms with E-state index < -0.39 is 0 Å². The summed E-state index contributed by atoms with van der Waals surface area (Å²) in [6, 6.07) is 16.8. The number of amides is 1. The lowest BCUT2D eigenvalue weighted by atomic mass is 10.1. The van der Waals surface area contributed by atoms with Crippen molar-refractivity contribution in [2.24, 2.45) is 0 Å². The van der Waals surface area contributed by atoms with Crippen LogP contribution in [0.4, 0.5) is 0 Å². The first-order chi connectivity index (χ1) is 11.6. The van der Waals surface area contributed by atoms with Crippen LogP contribution in [0.1, 0.15) is 20.7 Å². The number of hydrogen-bond donors (Lipinski definition) is 0. The molecular formula is C19H19BrN2O2. The van der Waals surface area contributed by atoms with E-state index in [1.807, 2.05) is 59.5 Å². The second kappa shape index (κ2) is 7.73. The van der Waals surface area contributed by atoms with Gasteiger partial charge in [-0.2, -0.15) is 0 Å². The van der Waals surface area contributed by atoms with Gasteiger partial charge in [-0.25, -0.2) is 0 Å². The summed E-state index contributed by atoms with van der Waals surface area (Å²) in [5.41, 5.74) is 1.43. The van der Waals surface area contributed by atoms with Gasteiger partial charge in [0.05, 0.1) is 6.54 Å². The average Bonchev–Trinajstić information content (AvgIpc) is 2.62. The molecule has 1 heterocycles. The summed E-state index contributed by atoms with van der Waals surface area (Å²) in [5.74, 6) is 0.174. The molecule has 0 atom stereocenters. The number of hydrogen-bond acceptors (Lipinski definition) is 3. The molecule has 0 bridgehead atoms. The summed E-state index contributed by atoms with van der Waals surface area (Å²) >= 11 is 3.40. The predicted octanol–water partition coefficient (Wildman–Crippen LogP) is 3.09. The maximum Gasteiger partial charge on any atom is 0.253 e. The fraction of sp³-hybridized carbons (Fsp3) is 0.263. The number of Topliss-reactive ketones (excluding diaryl/α,β-unsaturated/α-hetero) is 1. The Balaban J connectivity index is 1.54. The van der Waals surface area contributed by atoms with Crippen molar-refractivity contribution in [1.82, 2.24) is 9.80 Å². The zero-order valence-corrected chi connectivity index (χ0v) is 14.9. The maximum atomic E-state index is 12.5. The molecule has 0 radical (unpaired) electrons. The number of carbonyl (C=O) groups is 2. The fourth-order valence-electron chi connectivity index (χ4n) is 2.83. The Hall–Kier alpha value is -1.98. The number of benzene rings is 2. The minimum Gasteiger partial charge on any atom is -0.336 e. The van der Waals surface area contributed by atoms with Gasteiger partial charge in [-0.05, 0) is 18.2 Å². The highest BCUT2D eigenvalue weighted by atomic mass is 79.9. The van der Waals surface area contributed by atoms with Crippen molar-refractivity contribution < 1.29 is 9.59 Å². The van der Waals surface area contributed by atoms with E-state index in [-0.39, 0.29) is 11.7 Å². The van der Waals surface area contributed by atoms with Crippen LogP contribution in [0.15, 0.2) is 59.1 Å². The minimum atomic E-state index is 0.0466. The fourth-order valence-corrected chi connectivity index (χ4v) is 3.23. The SMILES string of the molecule is O=C(CN1CCN(C(=O)c2cccc(Br)c2)CC1)c1ccccc1. The van der Waals surface area contributed by atoms with Gasteiger partial charge < -0.3 is 4.90 Å². The molecule has 2 aromatic carbocycles. The van der Waals surface area contributed by atoms with Crippen LogP contribution in [0.2, 0.25) is 0 Å². The van der Waals surface area contributed by atoms with Crippen LogP contribution >= 0.6 is 15.9 Å². The van der Waals surface area contributed by atoms with Crippen molar-refractivity contribution in [3.8, 4) is 0 Å². The van der Waals surface area contributed by atoms with Crippen LogP contribution in [-0.4, -0.2) is 54.2 Å². The van der Waals surface area contributed by atoms with Gasteiger partial charge in [0, 0.05) is 41.8 Å². The molecule has 5 heteroatoms. The Morgan fingerprint density at radius 2 is 1.54 bits per heavy atom. The molecule has 0 N–H and O–H groups in total. The Morgan fingerprint density at radius 1 is 0.875 bits per heavy atom. The summed E-state index contributed by atoms with van der Waals surface area (Å²) in [7, 11) is 0. The highest BCUT2D eigenvalue weighted by molar-refractivity contribution is 9.10. The van der Waals surface area contributed by atoms with Crippen LogP contribution in [0.3, 0.4) is 0 Å². The molecule has 0 aliphatic carbocycles. The van der Waals surface area contributed by atoms with Gasteiger partial charge in [0.2, 0.25) is 0 Å². The van der Waals surface area contributed by atoms with Crippen LogP contribution in [0, 0.1) is 0 Å². The Bertz CT molecular complexity index is 725. The second-order valence-electron chi connectivity index (χ2n) is 5.87. The molecule has 0 spiro atoms. The molecule has 3 rings (SSSR count). The number of halogens is 1. The predicted molar refractivity (Wildman–Crippen MR) is 97.3 cm³/mol. The third kappa shape index (κ3) is 4.10. The third-order valence-corrected chi connectivity index (χ3v) is 4.69. The summed E-state index contributed by atoms with van der Waals surface area (Å²) in [6.07, 6.45) is 0. The zero-order valence-electron chi connectivity index (χ0n) is 13.3. The van der Waals surface area contributed by atoms with Gasteiger partial charge in [0.25, 0.3) is 5.91 Å². The van der Waals surface area contributed by atoms with Crippen molar-refractivity contribution in [3.05, 3.63) is 70.2 Å². The number of rotatable bonds is 4. The van der Waals surface area contributed by atoms with Gasteiger partial charge >= 0.3 is 0 Å². The Kier molecular flexibility index (Phi) is 5.43. The molecule has 0 unspecified atom stereocenters. The van der Waals surface area contributed by atoms with E-state index in [1.165, 1.54) is 0 Å². The lowest BCUT2D eigenvalue weighted by molar-refractivity contribution is 0.0624. The van der Waals surface area contributed by atoms with Gasteiger partial charge in [0.1, 0.15) is 0 Å². The summed E-state index contributed by atoms with van der Waals surface area (Å²) in [6.45, 7) is 3.14. The molecule has 0 aromatic heterocycles. The topological polar surface area (TPSA) is 40.6 Å². The van der Waals surface area contributed by atoms with Crippen LogP contribution in [0.25, 0.3) is 0 Å². The van der Waals surface area contributed by atoms with Gasteiger partial charge in [-0.15, -0.1) is 0 Å². The highest BCUT2D eigenvalue weighted by Gasteiger charge is 2.23. The smallest absolute Gasteiger partial charge is 0.253 e. The molecule has 4 nitrogen and oxygen atoms in total. The van der Waals surface area contributed by atoms with E-state index in [4.69, 9.17) is 0 Å². The van der Waals surface area contributed by atoms with E-state index in [1.54, 1.807) is 0 Å². The first-order valence-corrected chi connectivity index (χ1v) is 8.78. The van der Waals surface area contributed by atoms with Crippen molar-refractivity contribution in [1.29, 1.82) is 0 Å². The van der Waals surface area contributed by atoms with Gasteiger partial charge in [0.15, 0.2) is 5.78 Å². The molecule has 1 fully saturated rings. The normalized spacial score (nSPS) is 15.3. The molecule has 1 saturated heterocycles. The van der Waals surface area contributed by atoms with Crippen LogP contribution in [0.5, 0.6) is 0 Å². The molecule has 1 aliphatic rings. The van der Waals surface area contributed by atoms with Crippen LogP contribution < -0.4 is 0 Å². The molecule has 24 heavy (non-hydrogen) atoms. The van der Waals surface area contributed by atoms with Gasteiger partial charge in [-0.3, -0.25) is 14.5 Å². The first kappa shape index (κ1) is 16.9. The number of ketones is 1. The van der Waals surface area contributed by atoms with Gasteiger partial charge in [-0.1, -0.05) is 52.3 Å². The Morgan fingerprint density at radius 3 is 2.21 bits per heavy atom. The quantitative estimate of drug-likeness (QED) is 0.758. The largest absolute Gasteiger partial charge is 0.336 e. The lowest BCUT2D eigenvalue weighted by Gasteiger charge is -2.34. The minimum absolute atomic E-state index is 0.0466. The average molecular weight is 387 g/mol. The standard InChI is InChI=1S/C19H19BrN2O2/c20-17-8-4-7-16(13-17)19(24)22-11-9-21(10-12-22)14-18(23)15-5-2-1-3-6-15/h1-8,13H,9-12,14H2. The van der Waals surface area contributed by atoms with E-state index in [9.17, 15) is 9.59 Å². The lowest BCUT2D eigenvalue weighted by Crippen LogP contribution is -2.49. The number of nitrogens with zero attached hydrogens (tertiary/aromatic N) is 2. The van der Waals surface area contributed by atoms with E-state index in [2.05, 4.69) is 20.8 Å². The summed E-state index contributed by atoms with van der Waals surface area (Å²) in [5, 5.41) is 0. The monoisotopic (exact) mass is 386 g/mol. The number of carbonyl (C=O) groups excluding carboxylic acids is 2. The number of piperazine rings is 1. The van der Waals surface area contributed by atoms with Crippen LogP contribution in [-0.2, 0) is 0 Å². The van der Waals surface area contributed by atoms with Crippen molar-refractivity contribution in [3.63, 3.8) is 0 Å². The van der Waals surface area contributed by atoms with E-state index in [0.717, 1.165) is 23.1 Å². The van der Waals surface area contributed by atoms with Crippen molar-refractivity contribution >= 4 is 27.6 Å². The molecule has 0 saturated carbocycles. The van der Waals surface area contributed by atoms with Crippen molar-refractivity contribution in [2.75, 3.05) is 32.7 Å². The highest BCUT2D eigenvalue weighted by Crippen LogP contribution is 2.15. The summed E-state index contributed by atoms with van der Waals surface area (Å²) < 4.78 is 0.903. The molecule has 1 aliphatic heterocycles.